The molecular weight excluding hydrogens is 1380 g/mol. The molecule has 4 aromatic rings. The molecule has 5 fully saturated rings. The largest absolute Gasteiger partial charge is 1.00 e. The van der Waals surface area contributed by atoms with Crippen molar-refractivity contribution in [2.45, 2.75) is 238 Å². The monoisotopic (exact) mass is 1510 g/mol. The smallest absolute Gasteiger partial charge is 0.870 e. The van der Waals surface area contributed by atoms with Crippen molar-refractivity contribution >= 4 is 39.9 Å². The third kappa shape index (κ3) is 20.7. The van der Waals surface area contributed by atoms with Crippen molar-refractivity contribution in [2.75, 3.05) is 41.7 Å². The molecule has 107 heavy (non-hydrogen) atoms. The molecule has 7 N–H and O–H groups in total. The Morgan fingerprint density at radius 1 is 0.355 bits per heavy atom. The van der Waals surface area contributed by atoms with Gasteiger partial charge in [0, 0.05) is 42.6 Å². The van der Waals surface area contributed by atoms with Crippen molar-refractivity contribution in [3.05, 3.63) is 111 Å². The molecule has 0 spiro atoms. The Balaban J connectivity index is 0.000000648. The number of amides is 1. The van der Waals surface area contributed by atoms with Crippen molar-refractivity contribution in [1.29, 1.82) is 0 Å². The molecule has 0 radical (unpaired) electrons. The van der Waals surface area contributed by atoms with Gasteiger partial charge in [-0.05, 0) is 280 Å². The zero-order chi connectivity index (χ0) is 81.4. The molecule has 5 aliphatic rings. The van der Waals surface area contributed by atoms with Crippen LogP contribution in [0.4, 0.5) is 0 Å². The van der Waals surface area contributed by atoms with Crippen molar-refractivity contribution in [3.63, 3.8) is 0 Å². The summed E-state index contributed by atoms with van der Waals surface area (Å²) in [5.74, 6) is 2.39. The van der Waals surface area contributed by atoms with E-state index in [-0.39, 0.29) is 161 Å². The number of esters is 3. The minimum atomic E-state index is -3.46. The van der Waals surface area contributed by atoms with E-state index in [9.17, 15) is 47.7 Å². The topological polar surface area (TPSA) is 313 Å². The van der Waals surface area contributed by atoms with E-state index in [1.807, 2.05) is 41.5 Å². The molecule has 0 aliphatic heterocycles. The first kappa shape index (κ1) is 98.8. The molecule has 10 atom stereocenters. The Hall–Kier alpha value is -6.18. The predicted molar refractivity (Wildman–Crippen MR) is 420 cm³/mol. The first-order chi connectivity index (χ1) is 48.4. The number of carboxylic acids is 1. The van der Waals surface area contributed by atoms with E-state index < -0.39 is 22.2 Å². The van der Waals surface area contributed by atoms with Gasteiger partial charge in [-0.2, -0.15) is 8.42 Å². The van der Waals surface area contributed by atoms with Gasteiger partial charge in [-0.25, -0.2) is 0 Å². The van der Waals surface area contributed by atoms with Gasteiger partial charge < -0.3 is 60.3 Å². The van der Waals surface area contributed by atoms with Gasteiger partial charge in [-0.15, -0.1) is 0 Å². The molecule has 0 saturated heterocycles. The number of carboxylic acid groups (broad SMARTS) is 1. The second-order valence-electron chi connectivity index (χ2n) is 31.1. The van der Waals surface area contributed by atoms with Crippen molar-refractivity contribution in [3.8, 4) is 23.0 Å². The first-order valence-corrected chi connectivity index (χ1v) is 39.1. The number of phenols is 1. The van der Waals surface area contributed by atoms with E-state index in [2.05, 4.69) is 173 Å². The van der Waals surface area contributed by atoms with Crippen molar-refractivity contribution < 1.29 is 105 Å². The average molecular weight is 1510 g/mol. The van der Waals surface area contributed by atoms with Crippen molar-refractivity contribution in [2.24, 2.45) is 94.5 Å². The summed E-state index contributed by atoms with van der Waals surface area (Å²) in [5, 5.41) is 31.0. The molecule has 20 nitrogen and oxygen atoms in total. The van der Waals surface area contributed by atoms with Gasteiger partial charge in [0.2, 0.25) is 5.91 Å². The zero-order valence-corrected chi connectivity index (χ0v) is 72.9. The van der Waals surface area contributed by atoms with Gasteiger partial charge >= 0.3 is 42.7 Å². The number of rotatable bonds is 13. The number of phenolic OH excluding ortho intramolecular Hbond substituents is 1. The van der Waals surface area contributed by atoms with Crippen LogP contribution in [0, 0.1) is 227 Å². The molecule has 0 aromatic heterocycles. The molecule has 10 unspecified atom stereocenters. The third-order valence-corrected chi connectivity index (χ3v) is 26.5. The van der Waals surface area contributed by atoms with Gasteiger partial charge in [0.15, 0.2) is 0 Å². The van der Waals surface area contributed by atoms with Gasteiger partial charge in [0.25, 0.3) is 10.1 Å². The Bertz CT molecular complexity index is 3560. The number of aliphatic carboxylic acids is 1. The summed E-state index contributed by atoms with van der Waals surface area (Å²) in [7, 11) is 3.91. The van der Waals surface area contributed by atoms with Crippen LogP contribution >= 0.6 is 0 Å². The fourth-order valence-electron chi connectivity index (χ4n) is 16.7. The number of benzene rings is 4. The maximum absolute atomic E-state index is 11.9. The van der Waals surface area contributed by atoms with Crippen LogP contribution in [0.2, 0.25) is 0 Å². The van der Waals surface area contributed by atoms with Crippen LogP contribution in [-0.4, -0.2) is 131 Å². The standard InChI is InChI=1S/C19H29NO2.C19H28O3.C18H26O3.C11H16O.C9H16O5S.C8H14O3.CH5N.Li.H2O/c1-9-10(2)12(4)17(13(5)11(9)3)22-18-14(6)16(15(18)7)19(21)20-8;1-9-10(2)12(4)17(13(5)11(9)3)22-18-14(6)16(15(18)7)19(20)21-8;1-8-9(2)11(4)16(12(5)10(8)3)21-17-13(6)15(14(17)7)18(19)20;1-6-7(2)9(4)11(12)10(5)8(6)3;1-5-7(9(10)13-3)6(2)8(5)14-15(4,11)12;1-4-6(8(10)11-3)5(2)7(4)9;1-2;;/h14-16,18H,1-8H3,(H,20,21);14-16,18H,1-8H3;13-15,17H,1-7H3,(H,19,20);12H,1-5H3;5-8H,1-4H3;4-7,9H,1-3H3;2H2,1H3;;1H2/q;;;;;;;+1;/p-1. The first-order valence-electron chi connectivity index (χ1n) is 37.2. The number of methoxy groups -OCH3 is 3. The van der Waals surface area contributed by atoms with Gasteiger partial charge in [-0.1, -0.05) is 69.2 Å². The number of carbonyl (C=O) groups excluding carboxylic acids is 4. The van der Waals surface area contributed by atoms with Crippen LogP contribution in [0.25, 0.3) is 0 Å². The molecule has 5 saturated carbocycles. The zero-order valence-electron chi connectivity index (χ0n) is 72.0. The average Bonchev–Trinajstić information content (AvgIpc) is 0.760. The number of nitrogens with two attached hydrogens (primary N) is 1. The summed E-state index contributed by atoms with van der Waals surface area (Å²) in [4.78, 5) is 57.3. The molecular formula is C85H135LiN2O18S. The van der Waals surface area contributed by atoms with Crippen LogP contribution in [0.15, 0.2) is 0 Å². The van der Waals surface area contributed by atoms with Crippen LogP contribution < -0.4 is 44.1 Å². The third-order valence-electron chi connectivity index (χ3n) is 25.9. The Kier molecular flexibility index (Phi) is 37.6. The maximum atomic E-state index is 11.9. The minimum absolute atomic E-state index is 0. The summed E-state index contributed by atoms with van der Waals surface area (Å²) in [6, 6.07) is 0. The van der Waals surface area contributed by atoms with Gasteiger partial charge in [-0.3, -0.25) is 28.2 Å². The number of ether oxygens (including phenoxy) is 6. The number of hydrogen-bond acceptors (Lipinski definition) is 18. The van der Waals surface area contributed by atoms with E-state index in [0.717, 1.165) is 34.6 Å². The van der Waals surface area contributed by atoms with E-state index >= 15 is 0 Å². The number of nitrogens with one attached hydrogen (secondary N) is 1. The fraction of sp³-hybridized carbons (Fsp3) is 0.659. The summed E-state index contributed by atoms with van der Waals surface area (Å²) in [6.45, 7) is 61.8. The molecule has 0 bridgehead atoms. The molecule has 4 aromatic carbocycles. The van der Waals surface area contributed by atoms with Crippen LogP contribution in [0.1, 0.15) is 181 Å². The summed E-state index contributed by atoms with van der Waals surface area (Å²) in [6.07, 6.45) is 0.440. The Morgan fingerprint density at radius 2 is 0.551 bits per heavy atom. The number of hydrogen-bond donors (Lipinski definition) is 5. The minimum Gasteiger partial charge on any atom is -0.870 e. The predicted octanol–water partition coefficient (Wildman–Crippen LogP) is 11.8. The normalized spacial score (nSPS) is 27.4. The Morgan fingerprint density at radius 3 is 0.766 bits per heavy atom. The van der Waals surface area contributed by atoms with Crippen LogP contribution in [0.3, 0.4) is 0 Å². The second-order valence-corrected chi connectivity index (χ2v) is 32.7. The SMILES string of the molecule is CN.CNC(=O)C1C(C)C(Oc2c(C)c(C)c(C)c(C)c2C)C1C.COC(=O)C1C(C)C(O)C1C.COC(=O)C1C(C)C(OS(C)(=O)=O)C1C.COC(=O)C1C(C)C(Oc2c(C)c(C)c(C)c(C)c2C)C1C.Cc1c(C)c(C)c(O)c(C)c1C.Cc1c(C)c(C)c(OC2C(C)C(C(=O)O)C2C)c(C)c1C.[Li+].[OH-]. The van der Waals surface area contributed by atoms with E-state index in [1.165, 1.54) is 129 Å². The number of carbonyl (C=O) groups is 5. The van der Waals surface area contributed by atoms with E-state index in [4.69, 9.17) is 23.1 Å². The number of aliphatic hydroxyl groups excluding tert-OH is 1. The summed E-state index contributed by atoms with van der Waals surface area (Å²) < 4.78 is 59.9. The fourth-order valence-corrected chi connectivity index (χ4v) is 17.5. The quantitative estimate of drug-likeness (QED) is 0.0359. The molecule has 600 valence electrons. The molecule has 22 heteroatoms. The Labute approximate surface area is 654 Å². The maximum Gasteiger partial charge on any atom is 1.00 e. The molecule has 1 amide bonds. The summed E-state index contributed by atoms with van der Waals surface area (Å²) in [5.41, 5.74) is 29.2. The van der Waals surface area contributed by atoms with Gasteiger partial charge in [0.1, 0.15) is 41.3 Å². The molecule has 9 rings (SSSR count). The number of aliphatic hydroxyl groups is 1. The summed E-state index contributed by atoms with van der Waals surface area (Å²) >= 11 is 0. The van der Waals surface area contributed by atoms with E-state index in [0.29, 0.717) is 5.75 Å². The molecule has 0 heterocycles. The number of aromatic hydroxyl groups is 1. The van der Waals surface area contributed by atoms with Crippen LogP contribution in [0.5, 0.6) is 23.0 Å². The second kappa shape index (κ2) is 40.7. The van der Waals surface area contributed by atoms with Crippen molar-refractivity contribution in [1.82, 2.24) is 5.32 Å². The van der Waals surface area contributed by atoms with E-state index in [1.54, 1.807) is 20.9 Å². The van der Waals surface area contributed by atoms with Gasteiger partial charge in [0.05, 0.1) is 69.4 Å². The molecule has 5 aliphatic carbocycles. The van der Waals surface area contributed by atoms with Crippen LogP contribution in [-0.2, 0) is 52.5 Å².